The van der Waals surface area contributed by atoms with Crippen molar-refractivity contribution < 1.29 is 9.84 Å². The summed E-state index contributed by atoms with van der Waals surface area (Å²) in [6, 6.07) is 1.31. The number of aliphatic hydroxyl groups excluding tert-OH is 1. The molecule has 0 aliphatic carbocycles. The normalized spacial score (nSPS) is 27.6. The number of aromatic nitrogens is 2. The highest BCUT2D eigenvalue weighted by Crippen LogP contribution is 2.36. The third kappa shape index (κ3) is 2.54. The smallest absolute Gasteiger partial charge is 0.330 e. The monoisotopic (exact) mass is 254 g/mol. The molecule has 2 N–H and O–H groups in total. The largest absolute Gasteiger partial charge is 0.394 e. The first-order chi connectivity index (χ1) is 8.65. The molecule has 1 aromatic rings. The molecule has 3 unspecified atom stereocenters. The van der Waals surface area contributed by atoms with Crippen molar-refractivity contribution in [3.8, 4) is 0 Å². The van der Waals surface area contributed by atoms with Crippen LogP contribution >= 0.6 is 0 Å². The van der Waals surface area contributed by atoms with Crippen molar-refractivity contribution in [1.82, 2.24) is 9.55 Å². The Kier molecular flexibility index (Phi) is 3.98. The number of rotatable bonds is 4. The van der Waals surface area contributed by atoms with Gasteiger partial charge < -0.3 is 9.84 Å². The summed E-state index contributed by atoms with van der Waals surface area (Å²) in [6.07, 6.45) is 3.47. The van der Waals surface area contributed by atoms with E-state index in [2.05, 4.69) is 11.9 Å². The Bertz CT molecular complexity index is 507. The van der Waals surface area contributed by atoms with Gasteiger partial charge in [-0.25, -0.2) is 4.79 Å². The molecule has 3 atom stereocenters. The highest BCUT2D eigenvalue weighted by molar-refractivity contribution is 4.88. The van der Waals surface area contributed by atoms with Crippen LogP contribution in [0.4, 0.5) is 0 Å². The van der Waals surface area contributed by atoms with Crippen LogP contribution in [0.25, 0.3) is 0 Å². The van der Waals surface area contributed by atoms with Gasteiger partial charge in [-0.05, 0) is 12.8 Å². The molecule has 0 bridgehead atoms. The topological polar surface area (TPSA) is 84.3 Å². The van der Waals surface area contributed by atoms with E-state index in [0.717, 1.165) is 19.3 Å². The van der Waals surface area contributed by atoms with Crippen LogP contribution in [0.5, 0.6) is 0 Å². The van der Waals surface area contributed by atoms with Gasteiger partial charge >= 0.3 is 5.69 Å². The lowest BCUT2D eigenvalue weighted by Gasteiger charge is -2.19. The van der Waals surface area contributed by atoms with Gasteiger partial charge in [-0.15, -0.1) is 0 Å². The van der Waals surface area contributed by atoms with E-state index in [1.807, 2.05) is 0 Å². The first kappa shape index (κ1) is 13.0. The summed E-state index contributed by atoms with van der Waals surface area (Å²) in [5.41, 5.74) is -0.882. The molecule has 1 fully saturated rings. The van der Waals surface area contributed by atoms with Crippen LogP contribution in [0.2, 0.25) is 0 Å². The third-order valence-electron chi connectivity index (χ3n) is 3.29. The van der Waals surface area contributed by atoms with Gasteiger partial charge in [0.15, 0.2) is 0 Å². The van der Waals surface area contributed by atoms with Crippen molar-refractivity contribution in [2.24, 2.45) is 5.92 Å². The first-order valence-electron chi connectivity index (χ1n) is 6.23. The second-order valence-electron chi connectivity index (χ2n) is 4.63. The van der Waals surface area contributed by atoms with E-state index in [-0.39, 0.29) is 18.6 Å². The fourth-order valence-electron chi connectivity index (χ4n) is 2.49. The minimum Gasteiger partial charge on any atom is -0.394 e. The van der Waals surface area contributed by atoms with E-state index >= 15 is 0 Å². The zero-order chi connectivity index (χ0) is 13.1. The summed E-state index contributed by atoms with van der Waals surface area (Å²) in [4.78, 5) is 25.0. The van der Waals surface area contributed by atoms with Crippen LogP contribution in [0.15, 0.2) is 21.9 Å². The minimum atomic E-state index is -0.466. The molecular formula is C12H18N2O4. The van der Waals surface area contributed by atoms with Crippen LogP contribution in [-0.2, 0) is 4.74 Å². The Morgan fingerprint density at radius 1 is 1.56 bits per heavy atom. The van der Waals surface area contributed by atoms with Gasteiger partial charge in [0, 0.05) is 18.2 Å². The maximum atomic E-state index is 11.7. The molecule has 0 amide bonds. The average Bonchev–Trinajstić information content (AvgIpc) is 2.73. The summed E-state index contributed by atoms with van der Waals surface area (Å²) >= 11 is 0. The molecule has 6 heteroatoms. The minimum absolute atomic E-state index is 0.0468. The van der Waals surface area contributed by atoms with Gasteiger partial charge in [-0.2, -0.15) is 0 Å². The number of aliphatic hydroxyl groups is 1. The van der Waals surface area contributed by atoms with Gasteiger partial charge in [0.05, 0.1) is 12.7 Å². The maximum absolute atomic E-state index is 11.7. The van der Waals surface area contributed by atoms with Crippen molar-refractivity contribution in [3.05, 3.63) is 33.1 Å². The van der Waals surface area contributed by atoms with Gasteiger partial charge in [0.25, 0.3) is 5.56 Å². The lowest BCUT2D eigenvalue weighted by molar-refractivity contribution is -0.0362. The molecule has 2 rings (SSSR count). The van der Waals surface area contributed by atoms with E-state index in [1.54, 1.807) is 0 Å². The Balaban J connectivity index is 2.29. The van der Waals surface area contributed by atoms with Crippen molar-refractivity contribution in [3.63, 3.8) is 0 Å². The maximum Gasteiger partial charge on any atom is 0.330 e. The van der Waals surface area contributed by atoms with Crippen LogP contribution < -0.4 is 11.2 Å². The van der Waals surface area contributed by atoms with Crippen molar-refractivity contribution in [1.29, 1.82) is 0 Å². The molecule has 0 radical (unpaired) electrons. The number of hydrogen-bond donors (Lipinski definition) is 2. The molecule has 0 spiro atoms. The molecular weight excluding hydrogens is 236 g/mol. The quantitative estimate of drug-likeness (QED) is 0.805. The fourth-order valence-corrected chi connectivity index (χ4v) is 2.49. The molecule has 1 aromatic heterocycles. The third-order valence-corrected chi connectivity index (χ3v) is 3.29. The predicted octanol–water partition coefficient (Wildman–Crippen LogP) is 0.233. The van der Waals surface area contributed by atoms with Gasteiger partial charge in [-0.1, -0.05) is 13.3 Å². The molecule has 1 aliphatic heterocycles. The van der Waals surface area contributed by atoms with E-state index in [0.29, 0.717) is 0 Å². The van der Waals surface area contributed by atoms with Gasteiger partial charge in [0.1, 0.15) is 6.23 Å². The fraction of sp³-hybridized carbons (Fsp3) is 0.667. The van der Waals surface area contributed by atoms with Crippen LogP contribution in [0.3, 0.4) is 0 Å². The zero-order valence-electron chi connectivity index (χ0n) is 10.3. The zero-order valence-corrected chi connectivity index (χ0v) is 10.3. The molecule has 1 saturated heterocycles. The molecule has 2 heterocycles. The van der Waals surface area contributed by atoms with E-state index in [4.69, 9.17) is 9.84 Å². The van der Waals surface area contributed by atoms with Gasteiger partial charge in [0.2, 0.25) is 0 Å². The lowest BCUT2D eigenvalue weighted by atomic mass is 9.98. The highest BCUT2D eigenvalue weighted by atomic mass is 16.5. The van der Waals surface area contributed by atoms with Crippen LogP contribution in [0, 0.1) is 5.92 Å². The molecule has 0 saturated carbocycles. The second kappa shape index (κ2) is 5.49. The Labute approximate surface area is 104 Å². The number of nitrogens with zero attached hydrogens (tertiary/aromatic N) is 1. The van der Waals surface area contributed by atoms with Crippen LogP contribution in [-0.4, -0.2) is 27.4 Å². The summed E-state index contributed by atoms with van der Waals surface area (Å²) in [7, 11) is 0. The highest BCUT2D eigenvalue weighted by Gasteiger charge is 2.35. The number of H-pyrrole nitrogens is 1. The van der Waals surface area contributed by atoms with E-state index < -0.39 is 17.5 Å². The Hall–Kier alpha value is -1.40. The standard InChI is InChI=1S/C12H18N2O4/c1-2-3-8-6-9(7-15)18-11(8)14-5-4-10(16)13-12(14)17/h4-5,8-9,11,15H,2-3,6-7H2,1H3,(H,13,16,17). The lowest BCUT2D eigenvalue weighted by Crippen LogP contribution is -2.33. The SMILES string of the molecule is CCCC1CC(CO)OC1n1ccc(=O)[nH]c1=O. The molecule has 0 aromatic carbocycles. The molecule has 18 heavy (non-hydrogen) atoms. The summed E-state index contributed by atoms with van der Waals surface area (Å²) in [5.74, 6) is 0.191. The van der Waals surface area contributed by atoms with Crippen molar-refractivity contribution in [2.75, 3.05) is 6.61 Å². The Morgan fingerprint density at radius 2 is 2.33 bits per heavy atom. The van der Waals surface area contributed by atoms with Crippen molar-refractivity contribution in [2.45, 2.75) is 38.5 Å². The first-order valence-corrected chi connectivity index (χ1v) is 6.23. The molecule has 6 nitrogen and oxygen atoms in total. The van der Waals surface area contributed by atoms with Crippen LogP contribution in [0.1, 0.15) is 32.4 Å². The summed E-state index contributed by atoms with van der Waals surface area (Å²) < 4.78 is 7.07. The summed E-state index contributed by atoms with van der Waals surface area (Å²) in [6.45, 7) is 2.02. The van der Waals surface area contributed by atoms with Gasteiger partial charge in [-0.3, -0.25) is 14.3 Å². The van der Waals surface area contributed by atoms with Crippen molar-refractivity contribution >= 4 is 0 Å². The molecule has 100 valence electrons. The summed E-state index contributed by atoms with van der Waals surface area (Å²) in [5, 5.41) is 9.16. The number of ether oxygens (including phenoxy) is 1. The van der Waals surface area contributed by atoms with E-state index in [1.165, 1.54) is 16.8 Å². The average molecular weight is 254 g/mol. The second-order valence-corrected chi connectivity index (χ2v) is 4.63. The Morgan fingerprint density at radius 3 is 2.94 bits per heavy atom. The number of aromatic amines is 1. The van der Waals surface area contributed by atoms with E-state index in [9.17, 15) is 9.59 Å². The number of nitrogens with one attached hydrogen (secondary N) is 1. The predicted molar refractivity (Wildman–Crippen MR) is 65.3 cm³/mol. The molecule has 1 aliphatic rings. The number of hydrogen-bond acceptors (Lipinski definition) is 4.